The van der Waals surface area contributed by atoms with E-state index in [4.69, 9.17) is 10.5 Å². The van der Waals surface area contributed by atoms with Crippen LogP contribution in [0, 0.1) is 10.1 Å². The highest BCUT2D eigenvalue weighted by atomic mass is 16.7. The highest BCUT2D eigenvalue weighted by Crippen LogP contribution is 2.22. The molecule has 1 unspecified atom stereocenters. The molecule has 104 valence electrons. The largest absolute Gasteiger partial charge is 0.420 e. The van der Waals surface area contributed by atoms with Crippen LogP contribution < -0.4 is 11.1 Å². The van der Waals surface area contributed by atoms with Gasteiger partial charge < -0.3 is 20.5 Å². The van der Waals surface area contributed by atoms with Crippen molar-refractivity contribution in [1.82, 2.24) is 0 Å². The van der Waals surface area contributed by atoms with E-state index in [0.29, 0.717) is 12.2 Å². The number of amides is 1. The minimum atomic E-state index is -0.917. The molecular formula is C11H15N3O5. The number of anilines is 1. The summed E-state index contributed by atoms with van der Waals surface area (Å²) >= 11 is 0. The Morgan fingerprint density at radius 1 is 1.53 bits per heavy atom. The summed E-state index contributed by atoms with van der Waals surface area (Å²) < 4.78 is 9.66. The van der Waals surface area contributed by atoms with Crippen LogP contribution in [-0.4, -0.2) is 30.5 Å². The van der Waals surface area contributed by atoms with E-state index in [2.05, 4.69) is 10.1 Å². The van der Waals surface area contributed by atoms with Crippen LogP contribution in [0.3, 0.4) is 0 Å². The van der Waals surface area contributed by atoms with Gasteiger partial charge in [-0.1, -0.05) is 12.1 Å². The van der Waals surface area contributed by atoms with Gasteiger partial charge in [0.1, 0.15) is 5.69 Å². The molecule has 1 aromatic rings. The number of primary amides is 1. The predicted octanol–water partition coefficient (Wildman–Crippen LogP) is 1.46. The fourth-order valence-electron chi connectivity index (χ4n) is 1.39. The number of nitrogens with one attached hydrogen (secondary N) is 1. The Bertz CT molecular complexity index is 452. The summed E-state index contributed by atoms with van der Waals surface area (Å²) in [5.41, 5.74) is 5.20. The minimum Gasteiger partial charge on any atom is -0.420 e. The maximum atomic E-state index is 10.7. The number of carbonyl (C=O) groups excluding carboxylic acids is 1. The molecule has 0 saturated heterocycles. The summed E-state index contributed by atoms with van der Waals surface area (Å²) in [6, 6.07) is 6.28. The van der Waals surface area contributed by atoms with Crippen molar-refractivity contribution in [2.45, 2.75) is 13.2 Å². The number of carbonyl (C=O) groups is 1. The van der Waals surface area contributed by atoms with E-state index in [9.17, 15) is 14.9 Å². The molecule has 0 aliphatic carbocycles. The van der Waals surface area contributed by atoms with Crippen LogP contribution in [0.25, 0.3) is 0 Å². The zero-order valence-electron chi connectivity index (χ0n) is 10.4. The lowest BCUT2D eigenvalue weighted by atomic mass is 10.2. The van der Waals surface area contributed by atoms with Gasteiger partial charge in [0, 0.05) is 12.6 Å². The summed E-state index contributed by atoms with van der Waals surface area (Å²) in [5, 5.41) is 13.6. The third-order valence-corrected chi connectivity index (χ3v) is 2.15. The summed E-state index contributed by atoms with van der Waals surface area (Å²) in [7, 11) is 0. The molecule has 1 aromatic carbocycles. The first kappa shape index (κ1) is 14.7. The topological polar surface area (TPSA) is 117 Å². The second-order valence-corrected chi connectivity index (χ2v) is 3.58. The van der Waals surface area contributed by atoms with Gasteiger partial charge in [0.2, 0.25) is 6.29 Å². The molecule has 0 aliphatic heterocycles. The van der Waals surface area contributed by atoms with E-state index >= 15 is 0 Å². The molecule has 1 atom stereocenters. The SMILES string of the molecule is CC(OCCNc1ccccc1[N+](=O)[O-])OC(N)=O. The number of para-hydroxylation sites is 2. The Kier molecular flexibility index (Phi) is 5.55. The number of ether oxygens (including phenoxy) is 2. The van der Waals surface area contributed by atoms with Crippen LogP contribution in [0.15, 0.2) is 24.3 Å². The van der Waals surface area contributed by atoms with Gasteiger partial charge in [-0.25, -0.2) is 4.79 Å². The van der Waals surface area contributed by atoms with Crippen molar-refractivity contribution in [3.05, 3.63) is 34.4 Å². The molecule has 0 bridgehead atoms. The molecule has 0 radical (unpaired) electrons. The maximum Gasteiger partial charge on any atom is 0.406 e. The Morgan fingerprint density at radius 3 is 2.84 bits per heavy atom. The van der Waals surface area contributed by atoms with Gasteiger partial charge in [-0.15, -0.1) is 0 Å². The van der Waals surface area contributed by atoms with Crippen LogP contribution in [0.2, 0.25) is 0 Å². The minimum absolute atomic E-state index is 0.0102. The van der Waals surface area contributed by atoms with Gasteiger partial charge >= 0.3 is 6.09 Å². The first-order valence-electron chi connectivity index (χ1n) is 5.55. The van der Waals surface area contributed by atoms with Gasteiger partial charge in [0.25, 0.3) is 5.69 Å². The molecule has 19 heavy (non-hydrogen) atoms. The van der Waals surface area contributed by atoms with E-state index < -0.39 is 17.3 Å². The third-order valence-electron chi connectivity index (χ3n) is 2.15. The normalized spacial score (nSPS) is 11.6. The molecule has 0 heterocycles. The zero-order chi connectivity index (χ0) is 14.3. The highest BCUT2D eigenvalue weighted by molar-refractivity contribution is 5.64. The Balaban J connectivity index is 2.37. The van der Waals surface area contributed by atoms with Crippen molar-refractivity contribution in [3.63, 3.8) is 0 Å². The summed E-state index contributed by atoms with van der Waals surface area (Å²) in [5.74, 6) is 0. The first-order chi connectivity index (χ1) is 9.00. The lowest BCUT2D eigenvalue weighted by Gasteiger charge is -2.13. The van der Waals surface area contributed by atoms with E-state index in [1.54, 1.807) is 18.2 Å². The number of nitro groups is 1. The molecule has 0 spiro atoms. The van der Waals surface area contributed by atoms with Crippen molar-refractivity contribution in [2.75, 3.05) is 18.5 Å². The number of nitro benzene ring substituents is 1. The molecule has 1 rings (SSSR count). The van der Waals surface area contributed by atoms with Crippen molar-refractivity contribution in [2.24, 2.45) is 5.73 Å². The second kappa shape index (κ2) is 7.17. The van der Waals surface area contributed by atoms with Crippen LogP contribution >= 0.6 is 0 Å². The molecular weight excluding hydrogens is 254 g/mol. The number of nitrogens with zero attached hydrogens (tertiary/aromatic N) is 1. The molecule has 1 amide bonds. The second-order valence-electron chi connectivity index (χ2n) is 3.58. The lowest BCUT2D eigenvalue weighted by molar-refractivity contribution is -0.384. The molecule has 8 nitrogen and oxygen atoms in total. The standard InChI is InChI=1S/C11H15N3O5/c1-8(19-11(12)15)18-7-6-13-9-4-2-3-5-10(9)14(16)17/h2-5,8,13H,6-7H2,1H3,(H2,12,15). The number of rotatable bonds is 7. The van der Waals surface area contributed by atoms with Crippen LogP contribution in [0.1, 0.15) is 6.92 Å². The summed E-state index contributed by atoms with van der Waals surface area (Å²) in [4.78, 5) is 20.7. The number of hydrogen-bond acceptors (Lipinski definition) is 6. The fourth-order valence-corrected chi connectivity index (χ4v) is 1.39. The average molecular weight is 269 g/mol. The first-order valence-corrected chi connectivity index (χ1v) is 5.55. The quantitative estimate of drug-likeness (QED) is 0.335. The number of hydrogen-bond donors (Lipinski definition) is 2. The molecule has 0 fully saturated rings. The maximum absolute atomic E-state index is 10.7. The summed E-state index contributed by atoms with van der Waals surface area (Å²) in [6.07, 6.45) is -1.68. The van der Waals surface area contributed by atoms with Crippen molar-refractivity contribution in [1.29, 1.82) is 0 Å². The number of nitrogens with two attached hydrogens (primary N) is 1. The van der Waals surface area contributed by atoms with Crippen LogP contribution in [0.5, 0.6) is 0 Å². The smallest absolute Gasteiger partial charge is 0.406 e. The Hall–Kier alpha value is -2.35. The number of benzene rings is 1. The van der Waals surface area contributed by atoms with Gasteiger partial charge in [-0.3, -0.25) is 10.1 Å². The fraction of sp³-hybridized carbons (Fsp3) is 0.364. The third kappa shape index (κ3) is 5.21. The van der Waals surface area contributed by atoms with E-state index in [1.807, 2.05) is 0 Å². The van der Waals surface area contributed by atoms with Crippen molar-refractivity contribution < 1.29 is 19.2 Å². The Morgan fingerprint density at radius 2 is 2.21 bits per heavy atom. The molecule has 0 saturated carbocycles. The summed E-state index contributed by atoms with van der Waals surface area (Å²) in [6.45, 7) is 2.06. The van der Waals surface area contributed by atoms with Crippen molar-refractivity contribution >= 4 is 17.5 Å². The van der Waals surface area contributed by atoms with E-state index in [-0.39, 0.29) is 12.3 Å². The Labute approximate surface area is 109 Å². The van der Waals surface area contributed by atoms with Gasteiger partial charge in [-0.05, 0) is 13.0 Å². The zero-order valence-corrected chi connectivity index (χ0v) is 10.4. The monoisotopic (exact) mass is 269 g/mol. The van der Waals surface area contributed by atoms with Gasteiger partial charge in [-0.2, -0.15) is 0 Å². The van der Waals surface area contributed by atoms with Gasteiger partial charge in [0.05, 0.1) is 11.5 Å². The molecule has 0 aromatic heterocycles. The predicted molar refractivity (Wildman–Crippen MR) is 67.7 cm³/mol. The van der Waals surface area contributed by atoms with Crippen LogP contribution in [-0.2, 0) is 9.47 Å². The lowest BCUT2D eigenvalue weighted by Crippen LogP contribution is -2.24. The van der Waals surface area contributed by atoms with Gasteiger partial charge in [0.15, 0.2) is 0 Å². The van der Waals surface area contributed by atoms with E-state index in [1.165, 1.54) is 13.0 Å². The molecule has 0 aliphatic rings. The molecule has 3 N–H and O–H groups in total. The highest BCUT2D eigenvalue weighted by Gasteiger charge is 2.11. The van der Waals surface area contributed by atoms with Crippen LogP contribution in [0.4, 0.5) is 16.2 Å². The van der Waals surface area contributed by atoms with Crippen molar-refractivity contribution in [3.8, 4) is 0 Å². The van der Waals surface area contributed by atoms with E-state index in [0.717, 1.165) is 0 Å². The average Bonchev–Trinajstić information content (AvgIpc) is 2.34. The molecule has 8 heteroatoms.